The summed E-state index contributed by atoms with van der Waals surface area (Å²) in [5.41, 5.74) is 0. The number of rotatable bonds is 0. The fourth-order valence-corrected chi connectivity index (χ4v) is 0. The molecular weight excluding hydrogens is 135 g/mol. The molecule has 0 spiro atoms. The van der Waals surface area contributed by atoms with Crippen LogP contribution < -0.4 is 51.4 Å². The quantitative estimate of drug-likeness (QED) is 0.268. The number of hydrogen-bond acceptors (Lipinski definition) is 2. The van der Waals surface area contributed by atoms with E-state index in [1.807, 2.05) is 0 Å². The van der Waals surface area contributed by atoms with Crippen LogP contribution in [0.4, 0.5) is 0 Å². The van der Waals surface area contributed by atoms with Crippen LogP contribution in [0.3, 0.4) is 0 Å². The average Bonchev–Trinajstić information content (AvgIpc) is 0.722. The average molecular weight is 138 g/mol. The molecule has 4 nitrogen and oxygen atoms in total. The van der Waals surface area contributed by atoms with E-state index >= 15 is 0 Å². The Bertz CT molecular complexity index is 94.9. The SMILES string of the molecule is O=S(=O)(O)O.[H+].[K+]. The van der Waals surface area contributed by atoms with Gasteiger partial charge in [0.05, 0.1) is 0 Å². The molecule has 0 aromatic carbocycles. The fraction of sp³-hybridized carbons (Fsp3) is 0. The van der Waals surface area contributed by atoms with Crippen molar-refractivity contribution >= 4 is 10.4 Å². The molecule has 0 bridgehead atoms. The standard InChI is InChI=1S/K.H2O4S/c;1-5(2,3)4/h;(H2,1,2,3,4)/q+1;/p+1. The molecule has 6 heavy (non-hydrogen) atoms. The van der Waals surface area contributed by atoms with Crippen LogP contribution in [0.5, 0.6) is 0 Å². The van der Waals surface area contributed by atoms with Crippen molar-refractivity contribution in [3.05, 3.63) is 0 Å². The Labute approximate surface area is 79.4 Å². The van der Waals surface area contributed by atoms with Gasteiger partial charge in [-0.2, -0.15) is 8.42 Å². The van der Waals surface area contributed by atoms with E-state index in [0.717, 1.165) is 0 Å². The van der Waals surface area contributed by atoms with Gasteiger partial charge in [-0.3, -0.25) is 9.11 Å². The van der Waals surface area contributed by atoms with Crippen LogP contribution in [-0.2, 0) is 10.4 Å². The molecule has 0 aliphatic rings. The largest absolute Gasteiger partial charge is 1.00 e. The van der Waals surface area contributed by atoms with Gasteiger partial charge in [-0.1, -0.05) is 0 Å². The van der Waals surface area contributed by atoms with Crippen molar-refractivity contribution in [2.24, 2.45) is 0 Å². The van der Waals surface area contributed by atoms with Crippen LogP contribution in [-0.4, -0.2) is 17.5 Å². The van der Waals surface area contributed by atoms with Crippen molar-refractivity contribution in [3.63, 3.8) is 0 Å². The molecule has 2 N–H and O–H groups in total. The minimum Gasteiger partial charge on any atom is -0.264 e. The zero-order valence-electron chi connectivity index (χ0n) is 4.12. The minimum atomic E-state index is -4.67. The summed E-state index contributed by atoms with van der Waals surface area (Å²) >= 11 is 0. The smallest absolute Gasteiger partial charge is 0.264 e. The summed E-state index contributed by atoms with van der Waals surface area (Å²) in [7, 11) is -4.67. The van der Waals surface area contributed by atoms with E-state index in [4.69, 9.17) is 17.5 Å². The zero-order chi connectivity index (χ0) is 4.50. The Morgan fingerprint density at radius 1 is 1.33 bits per heavy atom. The van der Waals surface area contributed by atoms with Gasteiger partial charge in [-0.25, -0.2) is 0 Å². The van der Waals surface area contributed by atoms with Gasteiger partial charge in [0.2, 0.25) is 0 Å². The first kappa shape index (κ1) is 10.5. The molecule has 0 radical (unpaired) electrons. The van der Waals surface area contributed by atoms with E-state index in [9.17, 15) is 0 Å². The topological polar surface area (TPSA) is 74.6 Å². The third-order valence-corrected chi connectivity index (χ3v) is 0. The zero-order valence-corrected chi connectivity index (χ0v) is 7.06. The second-order valence-electron chi connectivity index (χ2n) is 0.448. The second kappa shape index (κ2) is 3.50. The molecule has 0 atom stereocenters. The molecule has 32 valence electrons. The van der Waals surface area contributed by atoms with Crippen LogP contribution in [0.1, 0.15) is 1.43 Å². The van der Waals surface area contributed by atoms with Crippen LogP contribution in [0.25, 0.3) is 0 Å². The van der Waals surface area contributed by atoms with Gasteiger partial charge in [-0.05, 0) is 0 Å². The van der Waals surface area contributed by atoms with E-state index in [1.54, 1.807) is 0 Å². The van der Waals surface area contributed by atoms with E-state index in [2.05, 4.69) is 0 Å². The van der Waals surface area contributed by atoms with Crippen molar-refractivity contribution < 1.29 is 70.3 Å². The molecule has 0 aliphatic carbocycles. The molecule has 0 unspecified atom stereocenters. The summed E-state index contributed by atoms with van der Waals surface area (Å²) in [6, 6.07) is 0. The van der Waals surface area contributed by atoms with Crippen LogP contribution in [0.15, 0.2) is 0 Å². The summed E-state index contributed by atoms with van der Waals surface area (Å²) in [6.07, 6.45) is 0. The number of hydrogen-bond donors (Lipinski definition) is 2. The first-order valence-corrected chi connectivity index (χ1v) is 2.10. The summed E-state index contributed by atoms with van der Waals surface area (Å²) in [5, 5.41) is 0. The Morgan fingerprint density at radius 3 is 1.33 bits per heavy atom. The summed E-state index contributed by atoms with van der Waals surface area (Å²) in [4.78, 5) is 0. The van der Waals surface area contributed by atoms with Gasteiger partial charge in [0.1, 0.15) is 0 Å². The first-order valence-electron chi connectivity index (χ1n) is 0.698. The first-order chi connectivity index (χ1) is 2.00. The minimum absolute atomic E-state index is 0. The Hall–Kier alpha value is 1.51. The third kappa shape index (κ3) is 49.3. The molecule has 0 rings (SSSR count). The maximum absolute atomic E-state index is 8.74. The molecule has 0 amide bonds. The van der Waals surface area contributed by atoms with Crippen LogP contribution in [0.2, 0.25) is 0 Å². The van der Waals surface area contributed by atoms with E-state index in [-0.39, 0.29) is 52.8 Å². The maximum Gasteiger partial charge on any atom is 1.00 e. The van der Waals surface area contributed by atoms with Gasteiger partial charge < -0.3 is 0 Å². The molecular formula is H3KO4S+2. The summed E-state index contributed by atoms with van der Waals surface area (Å²) in [5.74, 6) is 0. The van der Waals surface area contributed by atoms with Crippen molar-refractivity contribution in [2.45, 2.75) is 0 Å². The molecule has 0 aromatic heterocycles. The van der Waals surface area contributed by atoms with Gasteiger partial charge in [-0.15, -0.1) is 0 Å². The monoisotopic (exact) mass is 138 g/mol. The van der Waals surface area contributed by atoms with Gasteiger partial charge >= 0.3 is 63.2 Å². The van der Waals surface area contributed by atoms with Crippen LogP contribution in [0, 0.1) is 0 Å². The van der Waals surface area contributed by atoms with Crippen molar-refractivity contribution in [1.82, 2.24) is 0 Å². The van der Waals surface area contributed by atoms with E-state index in [0.29, 0.717) is 0 Å². The maximum atomic E-state index is 8.74. The van der Waals surface area contributed by atoms with Gasteiger partial charge in [0.15, 0.2) is 0 Å². The fourth-order valence-electron chi connectivity index (χ4n) is 0. The molecule has 0 aliphatic heterocycles. The summed E-state index contributed by atoms with van der Waals surface area (Å²) < 4.78 is 31.6. The molecule has 0 fully saturated rings. The Balaban J connectivity index is -0.0000000800. The van der Waals surface area contributed by atoms with E-state index in [1.165, 1.54) is 0 Å². The normalized spacial score (nSPS) is 9.67. The molecule has 0 saturated carbocycles. The Morgan fingerprint density at radius 2 is 1.33 bits per heavy atom. The molecule has 6 heteroatoms. The van der Waals surface area contributed by atoms with Crippen molar-refractivity contribution in [2.75, 3.05) is 0 Å². The summed E-state index contributed by atoms with van der Waals surface area (Å²) in [6.45, 7) is 0. The second-order valence-corrected chi connectivity index (χ2v) is 1.34. The van der Waals surface area contributed by atoms with E-state index < -0.39 is 10.4 Å². The van der Waals surface area contributed by atoms with Crippen molar-refractivity contribution in [1.29, 1.82) is 0 Å². The molecule has 0 saturated heterocycles. The van der Waals surface area contributed by atoms with Gasteiger partial charge in [0.25, 0.3) is 0 Å². The van der Waals surface area contributed by atoms with Crippen molar-refractivity contribution in [3.8, 4) is 0 Å². The molecule has 0 heterocycles. The van der Waals surface area contributed by atoms with Gasteiger partial charge in [0, 0.05) is 0 Å². The van der Waals surface area contributed by atoms with Crippen LogP contribution >= 0.6 is 0 Å². The Kier molecular flexibility index (Phi) is 6.12. The predicted octanol–water partition coefficient (Wildman–Crippen LogP) is -3.54. The third-order valence-electron chi connectivity index (χ3n) is 0. The molecule has 0 aromatic rings. The predicted molar refractivity (Wildman–Crippen MR) is 15.3 cm³/mol.